The zero-order chi connectivity index (χ0) is 13.9. The highest BCUT2D eigenvalue weighted by Crippen LogP contribution is 2.32. The highest BCUT2D eigenvalue weighted by molar-refractivity contribution is 14.1. The van der Waals surface area contributed by atoms with Crippen LogP contribution in [0.5, 0.6) is 0 Å². The van der Waals surface area contributed by atoms with E-state index < -0.39 is 11.0 Å². The van der Waals surface area contributed by atoms with Crippen LogP contribution in [-0.2, 0) is 20.5 Å². The maximum Gasteiger partial charge on any atom is 0.336 e. The van der Waals surface area contributed by atoms with Gasteiger partial charge in [0.15, 0.2) is 0 Å². The Morgan fingerprint density at radius 1 is 1.56 bits per heavy atom. The minimum Gasteiger partial charge on any atom is -0.463 e. The lowest BCUT2D eigenvalue weighted by atomic mass is 10.1. The molecule has 18 heavy (non-hydrogen) atoms. The molecule has 0 bridgehead atoms. The van der Waals surface area contributed by atoms with E-state index in [0.717, 1.165) is 16.4 Å². The van der Waals surface area contributed by atoms with Crippen molar-refractivity contribution in [3.05, 3.63) is 9.15 Å². The number of esters is 1. The van der Waals surface area contributed by atoms with Gasteiger partial charge >= 0.3 is 5.97 Å². The van der Waals surface area contributed by atoms with Crippen molar-refractivity contribution in [2.24, 2.45) is 0 Å². The molecule has 0 aromatic rings. The van der Waals surface area contributed by atoms with E-state index >= 15 is 0 Å². The topological polar surface area (TPSA) is 55.4 Å². The summed E-state index contributed by atoms with van der Waals surface area (Å²) in [5, 5.41) is 0. The lowest BCUT2D eigenvalue weighted by Crippen LogP contribution is -2.41. The molecule has 2 unspecified atom stereocenters. The Bertz CT molecular complexity index is 387. The van der Waals surface area contributed by atoms with Crippen LogP contribution < -0.4 is 4.72 Å². The van der Waals surface area contributed by atoms with Gasteiger partial charge in [-0.3, -0.25) is 0 Å². The minimum atomic E-state index is -1.18. The number of nitrogens with one attached hydrogen (secondary N) is 1. The highest BCUT2D eigenvalue weighted by Gasteiger charge is 2.33. The van der Waals surface area contributed by atoms with Crippen molar-refractivity contribution in [1.29, 1.82) is 0 Å². The van der Waals surface area contributed by atoms with Crippen LogP contribution in [0.25, 0.3) is 0 Å². The van der Waals surface area contributed by atoms with E-state index in [2.05, 4.69) is 27.3 Å². The van der Waals surface area contributed by atoms with Crippen LogP contribution in [0.2, 0.25) is 0 Å². The van der Waals surface area contributed by atoms with Gasteiger partial charge in [-0.25, -0.2) is 13.7 Å². The Hall–Kier alpha value is 0.0500. The first-order chi connectivity index (χ1) is 8.27. The predicted molar refractivity (Wildman–Crippen MR) is 81.7 cm³/mol. The Kier molecular flexibility index (Phi) is 5.79. The van der Waals surface area contributed by atoms with Gasteiger partial charge in [-0.1, -0.05) is 0 Å². The SMILES string of the molecule is CCOC(=O)C1=C(I)CCC1NS(=O)C(C)(C)C. The second kappa shape index (κ2) is 6.47. The van der Waals surface area contributed by atoms with Crippen molar-refractivity contribution in [2.45, 2.75) is 51.3 Å². The van der Waals surface area contributed by atoms with Crippen LogP contribution in [0.1, 0.15) is 40.5 Å². The molecular formula is C12H20INO3S. The van der Waals surface area contributed by atoms with E-state index in [9.17, 15) is 9.00 Å². The highest BCUT2D eigenvalue weighted by atomic mass is 127. The zero-order valence-corrected chi connectivity index (χ0v) is 14.2. The molecule has 6 heteroatoms. The lowest BCUT2D eigenvalue weighted by Gasteiger charge is -2.22. The summed E-state index contributed by atoms with van der Waals surface area (Å²) in [4.78, 5) is 11.9. The molecule has 1 aliphatic carbocycles. The zero-order valence-electron chi connectivity index (χ0n) is 11.2. The van der Waals surface area contributed by atoms with Crippen molar-refractivity contribution < 1.29 is 13.7 Å². The van der Waals surface area contributed by atoms with Gasteiger partial charge in [-0.05, 0) is 63.1 Å². The van der Waals surface area contributed by atoms with Crippen LogP contribution in [-0.4, -0.2) is 27.6 Å². The maximum absolute atomic E-state index is 12.1. The molecule has 0 amide bonds. The predicted octanol–water partition coefficient (Wildman–Crippen LogP) is 2.45. The molecule has 0 radical (unpaired) electrons. The molecule has 1 N–H and O–H groups in total. The van der Waals surface area contributed by atoms with E-state index in [1.807, 2.05) is 20.8 Å². The molecular weight excluding hydrogens is 365 g/mol. The molecule has 0 saturated carbocycles. The standard InChI is InChI=1S/C12H20INO3S/c1-5-17-11(15)10-8(13)6-7-9(10)14-18(16)12(2,3)4/h9,14H,5-7H2,1-4H3. The number of halogens is 1. The fourth-order valence-electron chi connectivity index (χ4n) is 1.62. The second-order valence-electron chi connectivity index (χ2n) is 5.13. The van der Waals surface area contributed by atoms with E-state index in [1.54, 1.807) is 6.92 Å². The molecule has 0 spiro atoms. The summed E-state index contributed by atoms with van der Waals surface area (Å²) in [6.07, 6.45) is 1.64. The van der Waals surface area contributed by atoms with Gasteiger partial charge in [0.2, 0.25) is 0 Å². The molecule has 0 aromatic heterocycles. The molecule has 0 aromatic carbocycles. The summed E-state index contributed by atoms with van der Waals surface area (Å²) in [5.74, 6) is -0.289. The third-order valence-electron chi connectivity index (χ3n) is 2.59. The number of rotatable bonds is 4. The van der Waals surface area contributed by atoms with Gasteiger partial charge in [0.25, 0.3) is 0 Å². The van der Waals surface area contributed by atoms with E-state index in [-0.39, 0.29) is 16.8 Å². The Balaban J connectivity index is 2.79. The summed E-state index contributed by atoms with van der Waals surface area (Å²) in [5.41, 5.74) is 0.648. The number of hydrogen-bond acceptors (Lipinski definition) is 3. The van der Waals surface area contributed by atoms with Crippen LogP contribution in [0.15, 0.2) is 9.15 Å². The minimum absolute atomic E-state index is 0.156. The summed E-state index contributed by atoms with van der Waals surface area (Å²) >= 11 is 2.17. The average molecular weight is 385 g/mol. The Labute approximate surface area is 125 Å². The first-order valence-electron chi connectivity index (χ1n) is 6.01. The van der Waals surface area contributed by atoms with E-state index in [0.29, 0.717) is 12.2 Å². The first-order valence-corrected chi connectivity index (χ1v) is 8.24. The molecule has 0 saturated heterocycles. The van der Waals surface area contributed by atoms with Crippen LogP contribution >= 0.6 is 22.6 Å². The number of carbonyl (C=O) groups excluding carboxylic acids is 1. The number of carbonyl (C=O) groups is 1. The number of allylic oxidation sites excluding steroid dienone is 1. The molecule has 1 rings (SSSR count). The lowest BCUT2D eigenvalue weighted by molar-refractivity contribution is -0.138. The van der Waals surface area contributed by atoms with Gasteiger partial charge in [-0.2, -0.15) is 0 Å². The largest absolute Gasteiger partial charge is 0.463 e. The van der Waals surface area contributed by atoms with Crippen molar-refractivity contribution in [1.82, 2.24) is 4.72 Å². The van der Waals surface area contributed by atoms with Crippen LogP contribution in [0.4, 0.5) is 0 Å². The van der Waals surface area contributed by atoms with Gasteiger partial charge in [-0.15, -0.1) is 0 Å². The van der Waals surface area contributed by atoms with Crippen molar-refractivity contribution in [3.8, 4) is 0 Å². The fraction of sp³-hybridized carbons (Fsp3) is 0.750. The third kappa shape index (κ3) is 4.03. The molecule has 0 fully saturated rings. The molecule has 2 atom stereocenters. The van der Waals surface area contributed by atoms with Crippen molar-refractivity contribution >= 4 is 39.5 Å². The van der Waals surface area contributed by atoms with Crippen molar-refractivity contribution in [2.75, 3.05) is 6.61 Å². The summed E-state index contributed by atoms with van der Waals surface area (Å²) in [7, 11) is -1.18. The van der Waals surface area contributed by atoms with Gasteiger partial charge < -0.3 is 4.74 Å². The van der Waals surface area contributed by atoms with E-state index in [1.165, 1.54) is 0 Å². The number of ether oxygens (including phenoxy) is 1. The number of hydrogen-bond donors (Lipinski definition) is 1. The fourth-order valence-corrected chi connectivity index (χ4v) is 3.38. The molecule has 1 aliphatic rings. The quantitative estimate of drug-likeness (QED) is 0.598. The molecule has 104 valence electrons. The van der Waals surface area contributed by atoms with Gasteiger partial charge in [0.05, 0.1) is 34.0 Å². The summed E-state index contributed by atoms with van der Waals surface area (Å²) in [6, 6.07) is -0.156. The van der Waals surface area contributed by atoms with Gasteiger partial charge in [0.1, 0.15) is 0 Å². The van der Waals surface area contributed by atoms with Gasteiger partial charge in [0, 0.05) is 3.58 Å². The summed E-state index contributed by atoms with van der Waals surface area (Å²) in [6.45, 7) is 7.87. The average Bonchev–Trinajstić information content (AvgIpc) is 2.58. The Morgan fingerprint density at radius 2 is 2.17 bits per heavy atom. The van der Waals surface area contributed by atoms with E-state index in [4.69, 9.17) is 4.74 Å². The second-order valence-corrected chi connectivity index (χ2v) is 8.43. The monoisotopic (exact) mass is 385 g/mol. The Morgan fingerprint density at radius 3 is 2.67 bits per heavy atom. The first kappa shape index (κ1) is 16.1. The van der Waals surface area contributed by atoms with Crippen LogP contribution in [0.3, 0.4) is 0 Å². The third-order valence-corrected chi connectivity index (χ3v) is 5.33. The van der Waals surface area contributed by atoms with Crippen LogP contribution in [0, 0.1) is 0 Å². The molecule has 4 nitrogen and oxygen atoms in total. The maximum atomic E-state index is 12.1. The smallest absolute Gasteiger partial charge is 0.336 e. The molecule has 0 aliphatic heterocycles. The molecule has 0 heterocycles. The summed E-state index contributed by atoms with van der Waals surface area (Å²) < 4.78 is 20.8. The van der Waals surface area contributed by atoms with Crippen molar-refractivity contribution in [3.63, 3.8) is 0 Å². The normalized spacial score (nSPS) is 22.2.